The van der Waals surface area contributed by atoms with Gasteiger partial charge in [0.15, 0.2) is 0 Å². The molecule has 2 rings (SSSR count). The predicted octanol–water partition coefficient (Wildman–Crippen LogP) is 0.840. The van der Waals surface area contributed by atoms with E-state index in [1.807, 2.05) is 0 Å². The van der Waals surface area contributed by atoms with Gasteiger partial charge in [-0.2, -0.15) is 0 Å². The number of hydrogen-bond donors (Lipinski definition) is 3. The molecule has 0 aliphatic carbocycles. The fourth-order valence-corrected chi connectivity index (χ4v) is 2.31. The minimum Gasteiger partial charge on any atom is -0.355 e. The van der Waals surface area contributed by atoms with Crippen LogP contribution in [0.4, 0.5) is 5.69 Å². The SMILES string of the molecule is CNC(=O)c1ccccc1NC(=O)C1CNCC1C. The van der Waals surface area contributed by atoms with E-state index >= 15 is 0 Å². The maximum Gasteiger partial charge on any atom is 0.253 e. The van der Waals surface area contributed by atoms with Gasteiger partial charge >= 0.3 is 0 Å². The highest BCUT2D eigenvalue weighted by Gasteiger charge is 2.30. The Kier molecular flexibility index (Phi) is 4.16. The number of anilines is 1. The van der Waals surface area contributed by atoms with Crippen LogP contribution in [0.5, 0.6) is 0 Å². The lowest BCUT2D eigenvalue weighted by molar-refractivity contribution is -0.120. The molecule has 1 aromatic carbocycles. The zero-order chi connectivity index (χ0) is 13.8. The first-order chi connectivity index (χ1) is 9.13. The van der Waals surface area contributed by atoms with Gasteiger partial charge in [-0.05, 0) is 24.6 Å². The molecule has 19 heavy (non-hydrogen) atoms. The quantitative estimate of drug-likeness (QED) is 0.755. The molecule has 1 aliphatic rings. The molecular formula is C14H19N3O2. The lowest BCUT2D eigenvalue weighted by atomic mass is 9.97. The van der Waals surface area contributed by atoms with Gasteiger partial charge in [-0.1, -0.05) is 19.1 Å². The zero-order valence-electron chi connectivity index (χ0n) is 11.2. The highest BCUT2D eigenvalue weighted by Crippen LogP contribution is 2.20. The Hall–Kier alpha value is -1.88. The van der Waals surface area contributed by atoms with Crippen LogP contribution < -0.4 is 16.0 Å². The number of carbonyl (C=O) groups excluding carboxylic acids is 2. The highest BCUT2D eigenvalue weighted by molar-refractivity contribution is 6.04. The number of rotatable bonds is 3. The summed E-state index contributed by atoms with van der Waals surface area (Å²) in [6.07, 6.45) is 0. The summed E-state index contributed by atoms with van der Waals surface area (Å²) < 4.78 is 0. The molecule has 1 aliphatic heterocycles. The largest absolute Gasteiger partial charge is 0.355 e. The second kappa shape index (κ2) is 5.84. The molecule has 0 spiro atoms. The average Bonchev–Trinajstić information content (AvgIpc) is 2.85. The summed E-state index contributed by atoms with van der Waals surface area (Å²) in [6, 6.07) is 7.03. The molecule has 2 unspecified atom stereocenters. The first-order valence-electron chi connectivity index (χ1n) is 6.46. The molecule has 5 heteroatoms. The van der Waals surface area contributed by atoms with Gasteiger partial charge in [0.2, 0.25) is 5.91 Å². The molecule has 0 saturated carbocycles. The van der Waals surface area contributed by atoms with Crippen molar-refractivity contribution in [2.24, 2.45) is 11.8 Å². The van der Waals surface area contributed by atoms with E-state index in [9.17, 15) is 9.59 Å². The van der Waals surface area contributed by atoms with Gasteiger partial charge in [0.1, 0.15) is 0 Å². The van der Waals surface area contributed by atoms with Gasteiger partial charge in [-0.25, -0.2) is 0 Å². The van der Waals surface area contributed by atoms with Crippen LogP contribution >= 0.6 is 0 Å². The summed E-state index contributed by atoms with van der Waals surface area (Å²) in [7, 11) is 1.57. The van der Waals surface area contributed by atoms with Crippen molar-refractivity contribution in [3.05, 3.63) is 29.8 Å². The number of carbonyl (C=O) groups is 2. The van der Waals surface area contributed by atoms with Gasteiger partial charge in [0.05, 0.1) is 17.2 Å². The van der Waals surface area contributed by atoms with Crippen LogP contribution in [0.2, 0.25) is 0 Å². The topological polar surface area (TPSA) is 70.2 Å². The molecule has 1 heterocycles. The van der Waals surface area contributed by atoms with Crippen LogP contribution in [0.15, 0.2) is 24.3 Å². The van der Waals surface area contributed by atoms with Gasteiger partial charge in [0.25, 0.3) is 5.91 Å². The van der Waals surface area contributed by atoms with Crippen LogP contribution in [-0.2, 0) is 4.79 Å². The summed E-state index contributed by atoms with van der Waals surface area (Å²) in [4.78, 5) is 23.9. The van der Waals surface area contributed by atoms with Crippen LogP contribution in [0.1, 0.15) is 17.3 Å². The smallest absolute Gasteiger partial charge is 0.253 e. The van der Waals surface area contributed by atoms with E-state index < -0.39 is 0 Å². The standard InChI is InChI=1S/C14H19N3O2/c1-9-7-16-8-11(9)14(19)17-12-6-4-3-5-10(12)13(18)15-2/h3-6,9,11,16H,7-8H2,1-2H3,(H,15,18)(H,17,19). The molecular weight excluding hydrogens is 242 g/mol. The Morgan fingerprint density at radius 3 is 2.63 bits per heavy atom. The minimum atomic E-state index is -0.200. The molecule has 0 bridgehead atoms. The third-order valence-corrected chi connectivity index (χ3v) is 3.51. The van der Waals surface area contributed by atoms with Crippen molar-refractivity contribution in [1.29, 1.82) is 0 Å². The third-order valence-electron chi connectivity index (χ3n) is 3.51. The van der Waals surface area contributed by atoms with Crippen molar-refractivity contribution in [2.45, 2.75) is 6.92 Å². The Morgan fingerprint density at radius 1 is 1.26 bits per heavy atom. The monoisotopic (exact) mass is 261 g/mol. The van der Waals surface area contributed by atoms with E-state index in [1.165, 1.54) is 0 Å². The molecule has 0 radical (unpaired) electrons. The molecule has 0 aromatic heterocycles. The zero-order valence-corrected chi connectivity index (χ0v) is 11.2. The molecule has 2 amide bonds. The van der Waals surface area contributed by atoms with E-state index in [0.717, 1.165) is 6.54 Å². The molecule has 1 fully saturated rings. The molecule has 5 nitrogen and oxygen atoms in total. The summed E-state index contributed by atoms with van der Waals surface area (Å²) in [5, 5.41) is 8.63. The summed E-state index contributed by atoms with van der Waals surface area (Å²) in [6.45, 7) is 3.60. The lowest BCUT2D eigenvalue weighted by Crippen LogP contribution is -2.29. The second-order valence-corrected chi connectivity index (χ2v) is 4.86. The Balaban J connectivity index is 2.14. The molecule has 3 N–H and O–H groups in total. The number of benzene rings is 1. The Bertz CT molecular complexity index is 487. The summed E-state index contributed by atoms with van der Waals surface area (Å²) in [5.41, 5.74) is 1.04. The van der Waals surface area contributed by atoms with E-state index in [1.54, 1.807) is 31.3 Å². The average molecular weight is 261 g/mol. The third kappa shape index (κ3) is 2.93. The fraction of sp³-hybridized carbons (Fsp3) is 0.429. The van der Waals surface area contributed by atoms with Crippen molar-refractivity contribution >= 4 is 17.5 Å². The summed E-state index contributed by atoms with van der Waals surface area (Å²) in [5.74, 6) is 0.0345. The minimum absolute atomic E-state index is 0.0335. The van der Waals surface area contributed by atoms with E-state index in [4.69, 9.17) is 0 Å². The van der Waals surface area contributed by atoms with Gasteiger partial charge in [-0.15, -0.1) is 0 Å². The van der Waals surface area contributed by atoms with E-state index in [2.05, 4.69) is 22.9 Å². The molecule has 102 valence electrons. The lowest BCUT2D eigenvalue weighted by Gasteiger charge is -2.16. The number of nitrogens with one attached hydrogen (secondary N) is 3. The van der Waals surface area contributed by atoms with Gasteiger partial charge < -0.3 is 16.0 Å². The number of hydrogen-bond acceptors (Lipinski definition) is 3. The fourth-order valence-electron chi connectivity index (χ4n) is 2.31. The predicted molar refractivity (Wildman–Crippen MR) is 74.0 cm³/mol. The number of para-hydroxylation sites is 1. The maximum absolute atomic E-state index is 12.2. The first kappa shape index (κ1) is 13.5. The van der Waals surface area contributed by atoms with Gasteiger partial charge in [0, 0.05) is 13.6 Å². The van der Waals surface area contributed by atoms with Crippen molar-refractivity contribution in [3.63, 3.8) is 0 Å². The Labute approximate surface area is 112 Å². The van der Waals surface area contributed by atoms with Crippen LogP contribution in [0.3, 0.4) is 0 Å². The van der Waals surface area contributed by atoms with Crippen molar-refractivity contribution in [2.75, 3.05) is 25.5 Å². The van der Waals surface area contributed by atoms with Crippen LogP contribution in [-0.4, -0.2) is 32.0 Å². The molecule has 1 aromatic rings. The van der Waals surface area contributed by atoms with Crippen LogP contribution in [0.25, 0.3) is 0 Å². The van der Waals surface area contributed by atoms with Crippen molar-refractivity contribution < 1.29 is 9.59 Å². The second-order valence-electron chi connectivity index (χ2n) is 4.86. The molecule has 2 atom stereocenters. The maximum atomic E-state index is 12.2. The normalized spacial score (nSPS) is 22.0. The summed E-state index contributed by atoms with van der Waals surface area (Å²) >= 11 is 0. The highest BCUT2D eigenvalue weighted by atomic mass is 16.2. The van der Waals surface area contributed by atoms with Crippen molar-refractivity contribution in [3.8, 4) is 0 Å². The van der Waals surface area contributed by atoms with E-state index in [-0.39, 0.29) is 17.7 Å². The first-order valence-corrected chi connectivity index (χ1v) is 6.46. The Morgan fingerprint density at radius 2 is 2.00 bits per heavy atom. The molecule has 1 saturated heterocycles. The van der Waals surface area contributed by atoms with Gasteiger partial charge in [-0.3, -0.25) is 9.59 Å². The van der Waals surface area contributed by atoms with Crippen molar-refractivity contribution in [1.82, 2.24) is 10.6 Å². The van der Waals surface area contributed by atoms with Crippen LogP contribution in [0, 0.1) is 11.8 Å². The van der Waals surface area contributed by atoms with E-state index in [0.29, 0.717) is 23.7 Å². The number of amides is 2.